The zero-order chi connectivity index (χ0) is 27.8. The molecule has 11 heteroatoms. The smallest absolute Gasteiger partial charge is 0.433 e. The van der Waals surface area contributed by atoms with Gasteiger partial charge < -0.3 is 15.3 Å². The molecule has 2 N–H and O–H groups in total. The lowest BCUT2D eigenvalue weighted by molar-refractivity contribution is -0.194. The third-order valence-corrected chi connectivity index (χ3v) is 7.27. The van der Waals surface area contributed by atoms with E-state index >= 15 is 0 Å². The van der Waals surface area contributed by atoms with Gasteiger partial charge in [0.1, 0.15) is 11.4 Å². The Morgan fingerprint density at radius 1 is 1.11 bits per heavy atom. The van der Waals surface area contributed by atoms with Gasteiger partial charge in [-0.1, -0.05) is 6.07 Å². The monoisotopic (exact) mass is 531 g/mol. The first kappa shape index (κ1) is 28.7. The molecule has 3 rings (SSSR count). The molecular weight excluding hydrogens is 500 g/mol. The van der Waals surface area contributed by atoms with Crippen LogP contribution in [0.4, 0.5) is 26.3 Å². The number of nitrogens with one attached hydrogen (secondary N) is 1. The summed E-state index contributed by atoms with van der Waals surface area (Å²) in [7, 11) is 3.64. The topological polar surface area (TPSA) is 65.5 Å². The van der Waals surface area contributed by atoms with E-state index in [1.165, 1.54) is 0 Å². The van der Waals surface area contributed by atoms with Crippen LogP contribution in [0.5, 0.6) is 5.75 Å². The summed E-state index contributed by atoms with van der Waals surface area (Å²) < 4.78 is 80.6. The second-order valence-corrected chi connectivity index (χ2v) is 10.1. The molecule has 37 heavy (non-hydrogen) atoms. The van der Waals surface area contributed by atoms with Crippen molar-refractivity contribution in [1.29, 1.82) is 0 Å². The van der Waals surface area contributed by atoms with E-state index in [0.29, 0.717) is 12.5 Å². The van der Waals surface area contributed by atoms with Gasteiger partial charge >= 0.3 is 12.4 Å². The van der Waals surface area contributed by atoms with Crippen molar-refractivity contribution >= 4 is 5.91 Å². The molecule has 5 nitrogen and oxygen atoms in total. The summed E-state index contributed by atoms with van der Waals surface area (Å²) in [5.41, 5.74) is -0.652. The first-order valence-corrected chi connectivity index (χ1v) is 11.9. The Labute approximate surface area is 211 Å². The predicted octanol–water partition coefficient (Wildman–Crippen LogP) is 5.53. The van der Waals surface area contributed by atoms with E-state index in [1.54, 1.807) is 12.1 Å². The molecule has 1 amide bonds. The van der Waals surface area contributed by atoms with E-state index in [1.807, 2.05) is 32.8 Å². The molecule has 1 heterocycles. The van der Waals surface area contributed by atoms with Crippen molar-refractivity contribution in [1.82, 2.24) is 15.2 Å². The number of pyridine rings is 1. The molecule has 0 spiro atoms. The molecule has 0 bridgehead atoms. The summed E-state index contributed by atoms with van der Waals surface area (Å²) in [5.74, 6) is -1.82. The first-order valence-electron chi connectivity index (χ1n) is 11.9. The zero-order valence-electron chi connectivity index (χ0n) is 21.1. The summed E-state index contributed by atoms with van der Waals surface area (Å²) in [6.45, 7) is 3.88. The van der Waals surface area contributed by atoms with Gasteiger partial charge in [0.25, 0.3) is 0 Å². The van der Waals surface area contributed by atoms with Gasteiger partial charge in [-0.05, 0) is 87.7 Å². The molecular formula is C26H31F6N3O2. The molecule has 1 aromatic heterocycles. The van der Waals surface area contributed by atoms with Crippen LogP contribution >= 0.6 is 0 Å². The number of likely N-dealkylation sites (N-methyl/N-ethyl adjacent to an activating group) is 1. The summed E-state index contributed by atoms with van der Waals surface area (Å²) >= 11 is 0. The van der Waals surface area contributed by atoms with E-state index in [4.69, 9.17) is 0 Å². The van der Waals surface area contributed by atoms with Crippen LogP contribution in [0, 0.1) is 19.3 Å². The number of benzene rings is 1. The summed E-state index contributed by atoms with van der Waals surface area (Å²) in [6.07, 6.45) is -8.92. The molecule has 2 atom stereocenters. The predicted molar refractivity (Wildman–Crippen MR) is 126 cm³/mol. The Bertz CT molecular complexity index is 1090. The van der Waals surface area contributed by atoms with Crippen molar-refractivity contribution in [2.75, 3.05) is 20.6 Å². The number of carbonyl (C=O) groups is 1. The molecule has 0 saturated heterocycles. The van der Waals surface area contributed by atoms with E-state index in [9.17, 15) is 36.2 Å². The van der Waals surface area contributed by atoms with Gasteiger partial charge in [0.05, 0.1) is 5.41 Å². The van der Waals surface area contributed by atoms with Crippen LogP contribution in [-0.4, -0.2) is 53.8 Å². The van der Waals surface area contributed by atoms with Crippen LogP contribution in [0.25, 0.3) is 0 Å². The Hall–Kier alpha value is -2.82. The van der Waals surface area contributed by atoms with Gasteiger partial charge in [0.2, 0.25) is 5.91 Å². The van der Waals surface area contributed by atoms with E-state index in [2.05, 4.69) is 10.3 Å². The largest absolute Gasteiger partial charge is 0.508 e. The first-order chi connectivity index (χ1) is 17.0. The lowest BCUT2D eigenvalue weighted by atomic mass is 9.80. The molecule has 1 fully saturated rings. The van der Waals surface area contributed by atoms with Crippen LogP contribution in [0.3, 0.4) is 0 Å². The van der Waals surface area contributed by atoms with Crippen molar-refractivity contribution in [3.63, 3.8) is 0 Å². The highest BCUT2D eigenvalue weighted by Crippen LogP contribution is 2.66. The highest BCUT2D eigenvalue weighted by molar-refractivity contribution is 5.77. The number of amides is 1. The van der Waals surface area contributed by atoms with Crippen LogP contribution in [0.1, 0.15) is 53.1 Å². The average Bonchev–Trinajstić information content (AvgIpc) is 3.58. The van der Waals surface area contributed by atoms with Crippen molar-refractivity contribution in [3.05, 3.63) is 58.4 Å². The minimum absolute atomic E-state index is 0.0440. The molecule has 0 radical (unpaired) electrons. The lowest BCUT2D eigenvalue weighted by Gasteiger charge is -2.30. The van der Waals surface area contributed by atoms with E-state index < -0.39 is 41.7 Å². The number of phenols is 1. The number of carbonyl (C=O) groups excluding carboxylic acids is 1. The number of halogens is 6. The molecule has 1 saturated carbocycles. The Balaban J connectivity index is 1.77. The van der Waals surface area contributed by atoms with Gasteiger partial charge in [-0.15, -0.1) is 0 Å². The average molecular weight is 532 g/mol. The molecule has 1 aromatic carbocycles. The van der Waals surface area contributed by atoms with Gasteiger partial charge in [0.15, 0.2) is 0 Å². The maximum absolute atomic E-state index is 14.0. The highest BCUT2D eigenvalue weighted by atomic mass is 19.4. The number of rotatable bonds is 9. The molecule has 1 aliphatic carbocycles. The van der Waals surface area contributed by atoms with Gasteiger partial charge in [-0.25, -0.2) is 0 Å². The molecule has 1 unspecified atom stereocenters. The number of aromatic hydroxyl groups is 1. The quantitative estimate of drug-likeness (QED) is 0.418. The van der Waals surface area contributed by atoms with Gasteiger partial charge in [-0.2, -0.15) is 26.3 Å². The molecule has 2 aromatic rings. The number of aryl methyl sites for hydroxylation is 2. The molecule has 1 aliphatic rings. The number of hydrogen-bond donors (Lipinski definition) is 2. The zero-order valence-corrected chi connectivity index (χ0v) is 21.1. The number of aromatic nitrogens is 1. The SMILES string of the molecule is Cc1cc(O)cc(C)c1C[C@@H](CNC(=O)CC(c1ccc(C(F)(F)F)nc1)C1(C(F)(F)F)CC1)N(C)C. The fourth-order valence-electron chi connectivity index (χ4n) is 4.83. The maximum Gasteiger partial charge on any atom is 0.433 e. The molecule has 204 valence electrons. The summed E-state index contributed by atoms with van der Waals surface area (Å²) in [5, 5.41) is 12.5. The number of alkyl halides is 6. The summed E-state index contributed by atoms with van der Waals surface area (Å²) in [6, 6.07) is 4.73. The minimum atomic E-state index is -4.72. The Morgan fingerprint density at radius 3 is 2.14 bits per heavy atom. The fourth-order valence-corrected chi connectivity index (χ4v) is 4.83. The van der Waals surface area contributed by atoms with Crippen LogP contribution in [0.2, 0.25) is 0 Å². The normalized spacial score (nSPS) is 16.9. The van der Waals surface area contributed by atoms with Gasteiger partial charge in [-0.3, -0.25) is 9.78 Å². The van der Waals surface area contributed by atoms with Crippen molar-refractivity contribution in [2.45, 2.75) is 63.8 Å². The van der Waals surface area contributed by atoms with Crippen molar-refractivity contribution in [2.24, 2.45) is 5.41 Å². The highest BCUT2D eigenvalue weighted by Gasteiger charge is 2.67. The van der Waals surface area contributed by atoms with Crippen LogP contribution in [-0.2, 0) is 17.4 Å². The minimum Gasteiger partial charge on any atom is -0.508 e. The Morgan fingerprint density at radius 2 is 1.70 bits per heavy atom. The van der Waals surface area contributed by atoms with E-state index in [0.717, 1.165) is 29.0 Å². The standard InChI is InChI=1S/C26H31F6N3O2/c1-15-9-19(36)10-16(2)20(15)11-18(35(3)4)14-34-23(37)12-21(24(7-8-24)26(30,31)32)17-5-6-22(33-13-17)25(27,28)29/h5-6,9-10,13,18,21,36H,7-8,11-12,14H2,1-4H3,(H,34,37)/t18-,21?/m0/s1. The Kier molecular flexibility index (Phi) is 8.16. The number of phenolic OH excluding ortho intramolecular Hbond substituents is 1. The van der Waals surface area contributed by atoms with Crippen LogP contribution < -0.4 is 5.32 Å². The molecule has 0 aliphatic heterocycles. The fraction of sp³-hybridized carbons (Fsp3) is 0.538. The van der Waals surface area contributed by atoms with Crippen LogP contribution in [0.15, 0.2) is 30.5 Å². The van der Waals surface area contributed by atoms with Crippen molar-refractivity contribution < 1.29 is 36.2 Å². The number of nitrogens with zero attached hydrogens (tertiary/aromatic N) is 2. The summed E-state index contributed by atoms with van der Waals surface area (Å²) in [4.78, 5) is 18.1. The van der Waals surface area contributed by atoms with Gasteiger partial charge in [0, 0.05) is 31.1 Å². The van der Waals surface area contributed by atoms with Crippen molar-refractivity contribution in [3.8, 4) is 5.75 Å². The second kappa shape index (κ2) is 10.5. The second-order valence-electron chi connectivity index (χ2n) is 10.1. The third-order valence-electron chi connectivity index (χ3n) is 7.27. The number of hydrogen-bond acceptors (Lipinski definition) is 4. The van der Waals surface area contributed by atoms with E-state index in [-0.39, 0.29) is 36.7 Å². The third kappa shape index (κ3) is 6.55. The maximum atomic E-state index is 14.0. The lowest BCUT2D eigenvalue weighted by Crippen LogP contribution is -2.43.